The van der Waals surface area contributed by atoms with Crippen molar-refractivity contribution in [3.05, 3.63) is 35.1 Å². The predicted molar refractivity (Wildman–Crippen MR) is 70.9 cm³/mol. The van der Waals surface area contributed by atoms with Crippen molar-refractivity contribution >= 4 is 5.91 Å². The number of nitrogens with two attached hydrogens (primary N) is 1. The summed E-state index contributed by atoms with van der Waals surface area (Å²) in [5, 5.41) is 2.94. The summed E-state index contributed by atoms with van der Waals surface area (Å²) >= 11 is 0. The van der Waals surface area contributed by atoms with Gasteiger partial charge in [0.1, 0.15) is 5.82 Å². The maximum absolute atomic E-state index is 13.1. The van der Waals surface area contributed by atoms with Crippen molar-refractivity contribution < 1.29 is 9.18 Å². The Kier molecular flexibility index (Phi) is 5.28. The number of benzene rings is 1. The predicted octanol–water partition coefficient (Wildman–Crippen LogP) is 2.24. The highest BCUT2D eigenvalue weighted by molar-refractivity contribution is 5.94. The van der Waals surface area contributed by atoms with Crippen LogP contribution in [0.3, 0.4) is 0 Å². The lowest BCUT2D eigenvalue weighted by Crippen LogP contribution is -2.39. The van der Waals surface area contributed by atoms with E-state index in [4.69, 9.17) is 5.73 Å². The molecule has 4 heteroatoms. The zero-order valence-corrected chi connectivity index (χ0v) is 11.2. The number of halogens is 1. The second-order valence-corrected chi connectivity index (χ2v) is 4.87. The number of rotatable bonds is 5. The molecule has 0 aliphatic carbocycles. The van der Waals surface area contributed by atoms with Crippen LogP contribution in [0.15, 0.2) is 18.2 Å². The fourth-order valence-corrected chi connectivity index (χ4v) is 1.79. The molecule has 1 aromatic rings. The van der Waals surface area contributed by atoms with Crippen LogP contribution < -0.4 is 11.1 Å². The molecular weight excluding hydrogens is 231 g/mol. The van der Waals surface area contributed by atoms with E-state index < -0.39 is 0 Å². The van der Waals surface area contributed by atoms with Crippen LogP contribution in [0.2, 0.25) is 0 Å². The number of carbonyl (C=O) groups excluding carboxylic acids is 1. The highest BCUT2D eigenvalue weighted by atomic mass is 19.1. The molecule has 0 aliphatic rings. The molecule has 0 fully saturated rings. The summed E-state index contributed by atoms with van der Waals surface area (Å²) in [6.07, 6.45) is 0.740. The minimum atomic E-state index is -0.297. The smallest absolute Gasteiger partial charge is 0.251 e. The van der Waals surface area contributed by atoms with Gasteiger partial charge in [0.2, 0.25) is 0 Å². The Labute approximate surface area is 108 Å². The van der Waals surface area contributed by atoms with Crippen molar-refractivity contribution in [3.8, 4) is 0 Å². The molecule has 1 unspecified atom stereocenters. The molecule has 3 nitrogen and oxygen atoms in total. The second kappa shape index (κ2) is 6.50. The molecule has 0 bridgehead atoms. The van der Waals surface area contributed by atoms with Crippen LogP contribution in [0.5, 0.6) is 0 Å². The minimum Gasteiger partial charge on any atom is -0.349 e. The Morgan fingerprint density at radius 1 is 1.44 bits per heavy atom. The topological polar surface area (TPSA) is 55.1 Å². The Morgan fingerprint density at radius 2 is 2.11 bits per heavy atom. The Bertz CT molecular complexity index is 418. The molecule has 1 rings (SSSR count). The summed E-state index contributed by atoms with van der Waals surface area (Å²) in [4.78, 5) is 12.0. The Morgan fingerprint density at radius 3 is 2.61 bits per heavy atom. The monoisotopic (exact) mass is 252 g/mol. The van der Waals surface area contributed by atoms with Crippen LogP contribution in [-0.2, 0) is 0 Å². The van der Waals surface area contributed by atoms with Crippen molar-refractivity contribution in [1.29, 1.82) is 0 Å². The van der Waals surface area contributed by atoms with Gasteiger partial charge in [-0.15, -0.1) is 0 Å². The number of hydrogen-bond donors (Lipinski definition) is 2. The second-order valence-electron chi connectivity index (χ2n) is 4.87. The van der Waals surface area contributed by atoms with Crippen molar-refractivity contribution in [3.63, 3.8) is 0 Å². The van der Waals surface area contributed by atoms with Gasteiger partial charge in [0.25, 0.3) is 5.91 Å². The molecule has 100 valence electrons. The largest absolute Gasteiger partial charge is 0.349 e. The number of amides is 1. The molecule has 3 N–H and O–H groups in total. The van der Waals surface area contributed by atoms with Gasteiger partial charge in [-0.1, -0.05) is 13.8 Å². The van der Waals surface area contributed by atoms with E-state index in [-0.39, 0.29) is 17.8 Å². The molecular formula is C14H21FN2O. The first kappa shape index (κ1) is 14.6. The first-order chi connectivity index (χ1) is 8.45. The zero-order chi connectivity index (χ0) is 13.7. The summed E-state index contributed by atoms with van der Waals surface area (Å²) in [7, 11) is 0. The lowest BCUT2D eigenvalue weighted by molar-refractivity contribution is 0.0924. The molecule has 18 heavy (non-hydrogen) atoms. The standard InChI is InChI=1S/C14H21FN2O/c1-9(2)13(6-7-16)17-14(18)11-4-5-12(15)10(3)8-11/h4-5,8-9,13H,6-7,16H2,1-3H3,(H,17,18). The first-order valence-electron chi connectivity index (χ1n) is 6.22. The van der Waals surface area contributed by atoms with Crippen LogP contribution in [0.1, 0.15) is 36.2 Å². The zero-order valence-electron chi connectivity index (χ0n) is 11.2. The van der Waals surface area contributed by atoms with E-state index in [0.717, 1.165) is 6.42 Å². The third-order valence-corrected chi connectivity index (χ3v) is 3.02. The molecule has 0 saturated carbocycles. The molecule has 1 amide bonds. The normalized spacial score (nSPS) is 12.6. The number of nitrogens with one attached hydrogen (secondary N) is 1. The summed E-state index contributed by atoms with van der Waals surface area (Å²) in [5.74, 6) is -0.154. The number of aryl methyl sites for hydroxylation is 1. The van der Waals surface area contributed by atoms with Gasteiger partial charge in [0.05, 0.1) is 0 Å². The van der Waals surface area contributed by atoms with E-state index >= 15 is 0 Å². The highest BCUT2D eigenvalue weighted by Gasteiger charge is 2.16. The minimum absolute atomic E-state index is 0.0489. The number of hydrogen-bond acceptors (Lipinski definition) is 2. The van der Waals surface area contributed by atoms with Gasteiger partial charge in [-0.25, -0.2) is 4.39 Å². The number of carbonyl (C=O) groups is 1. The molecule has 0 aromatic heterocycles. The van der Waals surface area contributed by atoms with Crippen LogP contribution in [0.25, 0.3) is 0 Å². The maximum atomic E-state index is 13.1. The van der Waals surface area contributed by atoms with Gasteiger partial charge in [0, 0.05) is 11.6 Å². The van der Waals surface area contributed by atoms with Gasteiger partial charge in [-0.2, -0.15) is 0 Å². The summed E-state index contributed by atoms with van der Waals surface area (Å²) in [6.45, 7) is 6.25. The van der Waals surface area contributed by atoms with E-state index in [1.54, 1.807) is 13.0 Å². The molecule has 0 heterocycles. The van der Waals surface area contributed by atoms with E-state index in [1.807, 2.05) is 13.8 Å². The molecule has 0 radical (unpaired) electrons. The van der Waals surface area contributed by atoms with Gasteiger partial charge < -0.3 is 11.1 Å². The van der Waals surface area contributed by atoms with Crippen molar-refractivity contribution in [1.82, 2.24) is 5.32 Å². The van der Waals surface area contributed by atoms with Crippen molar-refractivity contribution in [2.75, 3.05) is 6.54 Å². The van der Waals surface area contributed by atoms with E-state index in [9.17, 15) is 9.18 Å². The first-order valence-corrected chi connectivity index (χ1v) is 6.22. The van der Waals surface area contributed by atoms with E-state index in [0.29, 0.717) is 23.6 Å². The fraction of sp³-hybridized carbons (Fsp3) is 0.500. The Hall–Kier alpha value is -1.42. The van der Waals surface area contributed by atoms with Crippen LogP contribution in [-0.4, -0.2) is 18.5 Å². The van der Waals surface area contributed by atoms with Crippen LogP contribution >= 0.6 is 0 Å². The molecule has 0 spiro atoms. The highest BCUT2D eigenvalue weighted by Crippen LogP contribution is 2.11. The molecule has 1 atom stereocenters. The summed E-state index contributed by atoms with van der Waals surface area (Å²) in [6, 6.07) is 4.42. The van der Waals surface area contributed by atoms with Crippen LogP contribution in [0.4, 0.5) is 4.39 Å². The van der Waals surface area contributed by atoms with Crippen molar-refractivity contribution in [2.24, 2.45) is 11.7 Å². The molecule has 0 saturated heterocycles. The average Bonchev–Trinajstić information content (AvgIpc) is 2.31. The SMILES string of the molecule is Cc1cc(C(=O)NC(CCN)C(C)C)ccc1F. The van der Waals surface area contributed by atoms with Crippen molar-refractivity contribution in [2.45, 2.75) is 33.2 Å². The third kappa shape index (κ3) is 3.81. The van der Waals surface area contributed by atoms with Gasteiger partial charge in [0.15, 0.2) is 0 Å². The fourth-order valence-electron chi connectivity index (χ4n) is 1.79. The van der Waals surface area contributed by atoms with E-state index in [1.165, 1.54) is 12.1 Å². The molecule has 1 aromatic carbocycles. The lowest BCUT2D eigenvalue weighted by Gasteiger charge is -2.21. The van der Waals surface area contributed by atoms with Gasteiger partial charge in [-0.3, -0.25) is 4.79 Å². The van der Waals surface area contributed by atoms with Gasteiger partial charge >= 0.3 is 0 Å². The summed E-state index contributed by atoms with van der Waals surface area (Å²) < 4.78 is 13.1. The average molecular weight is 252 g/mol. The third-order valence-electron chi connectivity index (χ3n) is 3.02. The van der Waals surface area contributed by atoms with E-state index in [2.05, 4.69) is 5.32 Å². The quantitative estimate of drug-likeness (QED) is 0.844. The lowest BCUT2D eigenvalue weighted by atomic mass is 10.0. The van der Waals surface area contributed by atoms with Crippen LogP contribution in [0, 0.1) is 18.7 Å². The molecule has 0 aliphatic heterocycles. The summed E-state index contributed by atoms with van der Waals surface area (Å²) in [5.41, 5.74) is 6.48. The Balaban J connectivity index is 2.77. The van der Waals surface area contributed by atoms with Gasteiger partial charge in [-0.05, 0) is 49.6 Å². The maximum Gasteiger partial charge on any atom is 0.251 e.